The molecule has 2 aromatic carbocycles. The highest BCUT2D eigenvalue weighted by atomic mass is 14.9. The zero-order chi connectivity index (χ0) is 18.4. The molecule has 2 heteroatoms. The molecule has 0 aliphatic heterocycles. The van der Waals surface area contributed by atoms with Gasteiger partial charge in [0, 0.05) is 30.9 Å². The van der Waals surface area contributed by atoms with E-state index >= 15 is 0 Å². The van der Waals surface area contributed by atoms with E-state index in [1.165, 1.54) is 33.2 Å². The van der Waals surface area contributed by atoms with Gasteiger partial charge in [0.15, 0.2) is 0 Å². The van der Waals surface area contributed by atoms with Gasteiger partial charge in [0.25, 0.3) is 0 Å². The number of hydrogen-bond donors (Lipinski definition) is 2. The van der Waals surface area contributed by atoms with Crippen LogP contribution in [0.4, 0.5) is 0 Å². The molecular weight excluding hydrogens is 316 g/mol. The summed E-state index contributed by atoms with van der Waals surface area (Å²) in [6, 6.07) is 17.9. The summed E-state index contributed by atoms with van der Waals surface area (Å²) in [5.74, 6) is 0. The molecule has 3 aromatic rings. The lowest BCUT2D eigenvalue weighted by Gasteiger charge is -2.13. The Bertz CT molecular complexity index is 915. The molecule has 3 rings (SSSR count). The van der Waals surface area contributed by atoms with Crippen molar-refractivity contribution in [1.29, 1.82) is 0 Å². The number of H-pyrrole nitrogens is 1. The monoisotopic (exact) mass is 344 g/mol. The maximum atomic E-state index is 3.64. The molecule has 0 saturated carbocycles. The van der Waals surface area contributed by atoms with Crippen molar-refractivity contribution in [2.24, 2.45) is 0 Å². The van der Waals surface area contributed by atoms with Crippen molar-refractivity contribution < 1.29 is 0 Å². The van der Waals surface area contributed by atoms with Gasteiger partial charge in [-0.05, 0) is 60.4 Å². The summed E-state index contributed by atoms with van der Waals surface area (Å²) < 4.78 is 0. The Kier molecular flexibility index (Phi) is 6.08. The number of benzene rings is 2. The van der Waals surface area contributed by atoms with Crippen molar-refractivity contribution in [3.63, 3.8) is 0 Å². The highest BCUT2D eigenvalue weighted by Crippen LogP contribution is 2.18. The van der Waals surface area contributed by atoms with Crippen LogP contribution in [0.5, 0.6) is 0 Å². The number of hydrogen-bond acceptors (Lipinski definition) is 1. The van der Waals surface area contributed by atoms with E-state index in [1.807, 2.05) is 0 Å². The first-order valence-corrected chi connectivity index (χ1v) is 9.37. The van der Waals surface area contributed by atoms with E-state index in [-0.39, 0.29) is 0 Å². The molecule has 0 radical (unpaired) electrons. The lowest BCUT2D eigenvalue weighted by molar-refractivity contribution is 0.541. The number of aromatic nitrogens is 1. The van der Waals surface area contributed by atoms with E-state index in [0.717, 1.165) is 13.0 Å². The van der Waals surface area contributed by atoms with Gasteiger partial charge in [-0.1, -0.05) is 54.6 Å². The molecular formula is C24H28N2. The van der Waals surface area contributed by atoms with E-state index in [1.54, 1.807) is 0 Å². The molecule has 1 atom stereocenters. The van der Waals surface area contributed by atoms with Gasteiger partial charge in [0.2, 0.25) is 0 Å². The molecule has 1 unspecified atom stereocenters. The maximum absolute atomic E-state index is 3.64. The predicted octanol–water partition coefficient (Wildman–Crippen LogP) is 5.87. The SMILES string of the molecule is C/C=C\C(=C/C)c1c[nH]c(CC(C)NCc2ccc3ccccc3c2)c1. The molecule has 134 valence electrons. The quantitative estimate of drug-likeness (QED) is 0.516. The second kappa shape index (κ2) is 8.68. The fraction of sp³-hybridized carbons (Fsp3) is 0.250. The van der Waals surface area contributed by atoms with E-state index in [9.17, 15) is 0 Å². The lowest BCUT2D eigenvalue weighted by Crippen LogP contribution is -2.27. The first-order valence-electron chi connectivity index (χ1n) is 9.37. The Morgan fingerprint density at radius 2 is 1.88 bits per heavy atom. The molecule has 2 N–H and O–H groups in total. The van der Waals surface area contributed by atoms with Crippen LogP contribution in [0.3, 0.4) is 0 Å². The Morgan fingerprint density at radius 3 is 2.65 bits per heavy atom. The second-order valence-electron chi connectivity index (χ2n) is 6.83. The largest absolute Gasteiger partial charge is 0.364 e. The fourth-order valence-electron chi connectivity index (χ4n) is 3.31. The molecule has 1 heterocycles. The zero-order valence-corrected chi connectivity index (χ0v) is 15.9. The minimum absolute atomic E-state index is 0.406. The summed E-state index contributed by atoms with van der Waals surface area (Å²) >= 11 is 0. The Labute approximate surface area is 156 Å². The summed E-state index contributed by atoms with van der Waals surface area (Å²) in [6.45, 7) is 7.26. The van der Waals surface area contributed by atoms with Gasteiger partial charge >= 0.3 is 0 Å². The maximum Gasteiger partial charge on any atom is 0.0208 e. The average Bonchev–Trinajstić information content (AvgIpc) is 3.12. The standard InChI is InChI=1S/C24H28N2/c1-4-8-20(5-2)23-15-24(26-17-23)13-18(3)25-16-19-11-12-21-9-6-7-10-22(21)14-19/h4-12,14-15,17-18,25-26H,13,16H2,1-3H3/b8-4-,20-5+. The van der Waals surface area contributed by atoms with Crippen molar-refractivity contribution in [2.45, 2.75) is 39.8 Å². The number of aromatic amines is 1. The van der Waals surface area contributed by atoms with E-state index in [0.29, 0.717) is 6.04 Å². The van der Waals surface area contributed by atoms with E-state index < -0.39 is 0 Å². The second-order valence-corrected chi connectivity index (χ2v) is 6.83. The van der Waals surface area contributed by atoms with Gasteiger partial charge in [-0.25, -0.2) is 0 Å². The highest BCUT2D eigenvalue weighted by molar-refractivity contribution is 5.83. The van der Waals surface area contributed by atoms with Crippen molar-refractivity contribution in [1.82, 2.24) is 10.3 Å². The predicted molar refractivity (Wildman–Crippen MR) is 113 cm³/mol. The van der Waals surface area contributed by atoms with E-state index in [4.69, 9.17) is 0 Å². The molecule has 26 heavy (non-hydrogen) atoms. The normalized spacial score (nSPS) is 13.6. The van der Waals surface area contributed by atoms with Crippen LogP contribution in [0.1, 0.15) is 37.6 Å². The molecule has 0 aliphatic rings. The van der Waals surface area contributed by atoms with Crippen LogP contribution in [0.2, 0.25) is 0 Å². The van der Waals surface area contributed by atoms with Crippen LogP contribution in [0.15, 0.2) is 73.0 Å². The molecule has 0 saturated heterocycles. The third kappa shape index (κ3) is 4.53. The third-order valence-electron chi connectivity index (χ3n) is 4.73. The van der Waals surface area contributed by atoms with E-state index in [2.05, 4.69) is 104 Å². The van der Waals surface area contributed by atoms with Gasteiger partial charge < -0.3 is 10.3 Å². The summed E-state index contributed by atoms with van der Waals surface area (Å²) in [7, 11) is 0. The number of allylic oxidation sites excluding steroid dienone is 4. The van der Waals surface area contributed by atoms with Crippen molar-refractivity contribution >= 4 is 16.3 Å². The van der Waals surface area contributed by atoms with Gasteiger partial charge in [-0.15, -0.1) is 0 Å². The molecule has 0 fully saturated rings. The van der Waals surface area contributed by atoms with Crippen molar-refractivity contribution in [3.05, 3.63) is 89.8 Å². The average molecular weight is 345 g/mol. The topological polar surface area (TPSA) is 27.8 Å². The summed E-state index contributed by atoms with van der Waals surface area (Å²) in [5.41, 5.74) is 5.10. The minimum atomic E-state index is 0.406. The molecule has 1 aromatic heterocycles. The van der Waals surface area contributed by atoms with Crippen LogP contribution in [-0.2, 0) is 13.0 Å². The summed E-state index contributed by atoms with van der Waals surface area (Å²) in [4.78, 5) is 3.42. The van der Waals surface area contributed by atoms with Crippen molar-refractivity contribution in [3.8, 4) is 0 Å². The zero-order valence-electron chi connectivity index (χ0n) is 15.9. The molecule has 0 spiro atoms. The van der Waals surface area contributed by atoms with Gasteiger partial charge in [0.05, 0.1) is 0 Å². The highest BCUT2D eigenvalue weighted by Gasteiger charge is 2.07. The van der Waals surface area contributed by atoms with Crippen LogP contribution in [-0.4, -0.2) is 11.0 Å². The number of rotatable bonds is 7. The molecule has 0 amide bonds. The summed E-state index contributed by atoms with van der Waals surface area (Å²) in [5, 5.41) is 6.24. The third-order valence-corrected chi connectivity index (χ3v) is 4.73. The smallest absolute Gasteiger partial charge is 0.0208 e. The first-order chi connectivity index (χ1) is 12.7. The fourth-order valence-corrected chi connectivity index (χ4v) is 3.31. The minimum Gasteiger partial charge on any atom is -0.364 e. The number of nitrogens with one attached hydrogen (secondary N) is 2. The molecule has 0 bridgehead atoms. The molecule has 2 nitrogen and oxygen atoms in total. The van der Waals surface area contributed by atoms with Crippen molar-refractivity contribution in [2.75, 3.05) is 0 Å². The van der Waals surface area contributed by atoms with Crippen LogP contribution < -0.4 is 5.32 Å². The lowest BCUT2D eigenvalue weighted by atomic mass is 10.1. The Balaban J connectivity index is 1.58. The van der Waals surface area contributed by atoms with Crippen LogP contribution >= 0.6 is 0 Å². The summed E-state index contributed by atoms with van der Waals surface area (Å²) in [6.07, 6.45) is 9.46. The van der Waals surface area contributed by atoms with Gasteiger partial charge in [0.1, 0.15) is 0 Å². The van der Waals surface area contributed by atoms with Crippen LogP contribution in [0, 0.1) is 0 Å². The van der Waals surface area contributed by atoms with Gasteiger partial charge in [-0.3, -0.25) is 0 Å². The van der Waals surface area contributed by atoms with Gasteiger partial charge in [-0.2, -0.15) is 0 Å². The first kappa shape index (κ1) is 18.2. The Hall–Kier alpha value is -2.58. The Morgan fingerprint density at radius 1 is 1.08 bits per heavy atom. The van der Waals surface area contributed by atoms with Crippen LogP contribution in [0.25, 0.3) is 16.3 Å². The molecule has 0 aliphatic carbocycles. The number of fused-ring (bicyclic) bond motifs is 1.